The molecule has 0 saturated carbocycles. The quantitative estimate of drug-likeness (QED) is 0.639. The molecule has 1 atom stereocenters. The lowest BCUT2D eigenvalue weighted by molar-refractivity contribution is -0.135. The SMILES string of the molecule is CC1CN2CCN1C(=O)CCCc1cn(nn1)CCCOc1cc(Cl)ccc1C2=O. The van der Waals surface area contributed by atoms with E-state index in [1.807, 2.05) is 18.0 Å². The van der Waals surface area contributed by atoms with Gasteiger partial charge in [-0.15, -0.1) is 5.10 Å². The Morgan fingerprint density at radius 3 is 2.83 bits per heavy atom. The maximum absolute atomic E-state index is 13.2. The lowest BCUT2D eigenvalue weighted by atomic mass is 10.1. The van der Waals surface area contributed by atoms with Gasteiger partial charge in [0, 0.05) is 56.3 Å². The minimum Gasteiger partial charge on any atom is -0.493 e. The number of carbonyl (C=O) groups is 2. The Morgan fingerprint density at radius 1 is 1.13 bits per heavy atom. The third kappa shape index (κ3) is 4.59. The predicted molar refractivity (Wildman–Crippen MR) is 112 cm³/mol. The van der Waals surface area contributed by atoms with Crippen LogP contribution in [0.1, 0.15) is 42.2 Å². The summed E-state index contributed by atoms with van der Waals surface area (Å²) in [6.07, 6.45) is 4.57. The summed E-state index contributed by atoms with van der Waals surface area (Å²) in [5, 5.41) is 8.87. The van der Waals surface area contributed by atoms with Crippen LogP contribution in [0.15, 0.2) is 24.4 Å². The largest absolute Gasteiger partial charge is 0.493 e. The zero-order valence-electron chi connectivity index (χ0n) is 17.1. The zero-order chi connectivity index (χ0) is 21.1. The van der Waals surface area contributed by atoms with Gasteiger partial charge in [0.1, 0.15) is 5.75 Å². The van der Waals surface area contributed by atoms with Crippen molar-refractivity contribution in [3.63, 3.8) is 0 Å². The molecule has 1 aromatic heterocycles. The Balaban J connectivity index is 1.58. The molecule has 1 saturated heterocycles. The summed E-state index contributed by atoms with van der Waals surface area (Å²) in [6, 6.07) is 5.06. The van der Waals surface area contributed by atoms with Crippen LogP contribution >= 0.6 is 11.6 Å². The van der Waals surface area contributed by atoms with Crippen LogP contribution < -0.4 is 4.74 Å². The van der Waals surface area contributed by atoms with Crippen LogP contribution in [0.2, 0.25) is 5.02 Å². The molecule has 1 fully saturated rings. The molecule has 0 spiro atoms. The van der Waals surface area contributed by atoms with Crippen LogP contribution in [0.25, 0.3) is 0 Å². The summed E-state index contributed by atoms with van der Waals surface area (Å²) in [4.78, 5) is 29.6. The highest BCUT2D eigenvalue weighted by Gasteiger charge is 2.31. The molecular weight excluding hydrogens is 406 g/mol. The van der Waals surface area contributed by atoms with Gasteiger partial charge in [-0.2, -0.15) is 0 Å². The van der Waals surface area contributed by atoms with Crippen molar-refractivity contribution in [3.05, 3.63) is 40.7 Å². The number of rotatable bonds is 0. The zero-order valence-corrected chi connectivity index (χ0v) is 17.8. The molecule has 0 N–H and O–H groups in total. The van der Waals surface area contributed by atoms with Gasteiger partial charge >= 0.3 is 0 Å². The van der Waals surface area contributed by atoms with Gasteiger partial charge in [-0.1, -0.05) is 16.8 Å². The maximum Gasteiger partial charge on any atom is 0.257 e. The van der Waals surface area contributed by atoms with E-state index in [2.05, 4.69) is 10.3 Å². The molecule has 160 valence electrons. The van der Waals surface area contributed by atoms with Crippen molar-refractivity contribution >= 4 is 23.4 Å². The van der Waals surface area contributed by atoms with Crippen LogP contribution in [-0.4, -0.2) is 68.9 Å². The van der Waals surface area contributed by atoms with Gasteiger partial charge in [0.25, 0.3) is 5.91 Å². The van der Waals surface area contributed by atoms with E-state index in [-0.39, 0.29) is 17.9 Å². The van der Waals surface area contributed by atoms with Crippen LogP contribution in [0, 0.1) is 0 Å². The number of aromatic nitrogens is 3. The van der Waals surface area contributed by atoms with Crippen molar-refractivity contribution < 1.29 is 14.3 Å². The summed E-state index contributed by atoms with van der Waals surface area (Å²) >= 11 is 6.15. The number of hydrogen-bond acceptors (Lipinski definition) is 5. The fourth-order valence-corrected chi connectivity index (χ4v) is 4.17. The number of carbonyl (C=O) groups excluding carboxylic acids is 2. The molecule has 3 aliphatic heterocycles. The minimum atomic E-state index is -0.0948. The van der Waals surface area contributed by atoms with E-state index in [4.69, 9.17) is 16.3 Å². The van der Waals surface area contributed by atoms with Crippen LogP contribution in [0.3, 0.4) is 0 Å². The van der Waals surface area contributed by atoms with Gasteiger partial charge in [0.2, 0.25) is 5.91 Å². The number of amides is 2. The standard InChI is InChI=1S/C21H26ClN5O3/c1-15-13-25-9-10-27(15)20(28)5-2-4-17-14-26(24-23-17)8-3-11-30-19-12-16(22)6-7-18(19)21(25)29/h6-7,12,14-15H,2-5,8-11,13H2,1H3. The van der Waals surface area contributed by atoms with Gasteiger partial charge in [0.15, 0.2) is 0 Å². The smallest absolute Gasteiger partial charge is 0.257 e. The van der Waals surface area contributed by atoms with Crippen LogP contribution in [-0.2, 0) is 17.8 Å². The van der Waals surface area contributed by atoms with Gasteiger partial charge in [-0.05, 0) is 38.0 Å². The Kier molecular flexibility index (Phi) is 6.22. The average Bonchev–Trinajstić information content (AvgIpc) is 3.17. The Labute approximate surface area is 180 Å². The van der Waals surface area contributed by atoms with Crippen molar-refractivity contribution in [2.45, 2.75) is 45.2 Å². The summed E-state index contributed by atoms with van der Waals surface area (Å²) in [7, 11) is 0. The second-order valence-electron chi connectivity index (χ2n) is 7.86. The first-order chi connectivity index (χ1) is 14.5. The van der Waals surface area contributed by atoms with Gasteiger partial charge in [-0.3, -0.25) is 14.3 Å². The topological polar surface area (TPSA) is 80.6 Å². The van der Waals surface area contributed by atoms with Crippen molar-refractivity contribution in [1.82, 2.24) is 24.8 Å². The normalized spacial score (nSPS) is 21.1. The van der Waals surface area contributed by atoms with Crippen molar-refractivity contribution in [2.24, 2.45) is 0 Å². The first-order valence-corrected chi connectivity index (χ1v) is 10.8. The highest BCUT2D eigenvalue weighted by Crippen LogP contribution is 2.26. The average molecular weight is 432 g/mol. The molecule has 1 aromatic carbocycles. The lowest BCUT2D eigenvalue weighted by Gasteiger charge is -2.40. The van der Waals surface area contributed by atoms with E-state index >= 15 is 0 Å². The van der Waals surface area contributed by atoms with E-state index in [9.17, 15) is 9.59 Å². The molecule has 2 aromatic rings. The lowest BCUT2D eigenvalue weighted by Crippen LogP contribution is -2.55. The first kappa shape index (κ1) is 20.7. The molecule has 0 aliphatic carbocycles. The van der Waals surface area contributed by atoms with E-state index in [0.29, 0.717) is 55.5 Å². The van der Waals surface area contributed by atoms with E-state index < -0.39 is 0 Å². The number of fused-ring (bicyclic) bond motifs is 8. The monoisotopic (exact) mass is 431 g/mol. The number of nitrogens with zero attached hydrogens (tertiary/aromatic N) is 5. The molecule has 4 bridgehead atoms. The second-order valence-corrected chi connectivity index (χ2v) is 8.29. The molecule has 4 heterocycles. The number of hydrogen-bond donors (Lipinski definition) is 0. The number of halogens is 1. The molecule has 5 rings (SSSR count). The van der Waals surface area contributed by atoms with Gasteiger partial charge < -0.3 is 14.5 Å². The molecule has 0 radical (unpaired) electrons. The summed E-state index contributed by atoms with van der Waals surface area (Å²) in [5.74, 6) is 0.514. The number of ether oxygens (including phenoxy) is 1. The summed E-state index contributed by atoms with van der Waals surface area (Å²) in [5.41, 5.74) is 1.39. The Morgan fingerprint density at radius 2 is 2.00 bits per heavy atom. The maximum atomic E-state index is 13.2. The first-order valence-electron chi connectivity index (χ1n) is 10.4. The molecule has 3 aliphatic rings. The van der Waals surface area contributed by atoms with E-state index in [1.54, 1.807) is 27.8 Å². The molecule has 1 unspecified atom stereocenters. The van der Waals surface area contributed by atoms with E-state index in [0.717, 1.165) is 25.0 Å². The molecule has 9 heteroatoms. The van der Waals surface area contributed by atoms with Gasteiger partial charge in [0.05, 0.1) is 17.9 Å². The highest BCUT2D eigenvalue weighted by atomic mass is 35.5. The van der Waals surface area contributed by atoms with E-state index in [1.165, 1.54) is 0 Å². The molecular formula is C21H26ClN5O3. The Bertz CT molecular complexity index is 931. The van der Waals surface area contributed by atoms with Crippen molar-refractivity contribution in [3.8, 4) is 5.75 Å². The molecule has 2 amide bonds. The fraction of sp³-hybridized carbons (Fsp3) is 0.524. The van der Waals surface area contributed by atoms with Crippen molar-refractivity contribution in [1.29, 1.82) is 0 Å². The summed E-state index contributed by atoms with van der Waals surface area (Å²) in [6.45, 7) is 4.63. The fourth-order valence-electron chi connectivity index (χ4n) is 4.01. The predicted octanol–water partition coefficient (Wildman–Crippen LogP) is 2.41. The number of piperazine rings is 1. The van der Waals surface area contributed by atoms with Gasteiger partial charge in [-0.25, -0.2) is 0 Å². The summed E-state index contributed by atoms with van der Waals surface area (Å²) < 4.78 is 7.71. The third-order valence-electron chi connectivity index (χ3n) is 5.61. The second kappa shape index (κ2) is 9.04. The third-order valence-corrected chi connectivity index (χ3v) is 5.84. The number of benzene rings is 1. The molecule has 30 heavy (non-hydrogen) atoms. The van der Waals surface area contributed by atoms with Crippen LogP contribution in [0.5, 0.6) is 5.75 Å². The highest BCUT2D eigenvalue weighted by molar-refractivity contribution is 6.30. The van der Waals surface area contributed by atoms with Crippen LogP contribution in [0.4, 0.5) is 0 Å². The number of aryl methyl sites for hydroxylation is 2. The Hall–Kier alpha value is -2.61. The minimum absolute atomic E-state index is 0.0355. The van der Waals surface area contributed by atoms with Crippen molar-refractivity contribution in [2.75, 3.05) is 26.2 Å². The molecule has 8 nitrogen and oxygen atoms in total.